The van der Waals surface area contributed by atoms with Gasteiger partial charge in [0.1, 0.15) is 0 Å². The third-order valence-electron chi connectivity index (χ3n) is 1.53. The van der Waals surface area contributed by atoms with E-state index in [0.717, 1.165) is 5.32 Å². The Balaban J connectivity index is 2.61. The molecule has 0 aromatic heterocycles. The normalized spacial score (nSPS) is 10.4. The number of nitrogens with one attached hydrogen (secondary N) is 2. The van der Waals surface area contributed by atoms with Crippen LogP contribution in [0.3, 0.4) is 0 Å². The number of nitrogens with zero attached hydrogens (tertiary/aromatic N) is 1. The molecule has 0 aliphatic heterocycles. The first-order chi connectivity index (χ1) is 7.40. The van der Waals surface area contributed by atoms with Crippen LogP contribution < -0.4 is 10.6 Å². The monoisotopic (exact) mass is 229 g/mol. The van der Waals surface area contributed by atoms with Crippen molar-refractivity contribution in [2.75, 3.05) is 5.32 Å². The highest BCUT2D eigenvalue weighted by molar-refractivity contribution is 5.89. The highest BCUT2D eigenvalue weighted by atomic mass is 19.4. The summed E-state index contributed by atoms with van der Waals surface area (Å²) in [7, 11) is 0. The quantitative estimate of drug-likeness (QED) is 0.725. The number of carbonyl (C=O) groups is 1. The molecule has 0 atom stereocenters. The van der Waals surface area contributed by atoms with Gasteiger partial charge in [-0.3, -0.25) is 0 Å². The first-order valence-electron chi connectivity index (χ1n) is 4.07. The van der Waals surface area contributed by atoms with Gasteiger partial charge in [0.15, 0.2) is 0 Å². The minimum atomic E-state index is -4.77. The van der Waals surface area contributed by atoms with Crippen LogP contribution in [-0.4, -0.2) is 12.3 Å². The van der Waals surface area contributed by atoms with Crippen molar-refractivity contribution in [3.8, 4) is 6.07 Å². The fourth-order valence-corrected chi connectivity index (χ4v) is 0.919. The van der Waals surface area contributed by atoms with E-state index in [9.17, 15) is 18.0 Å². The third-order valence-corrected chi connectivity index (χ3v) is 1.53. The highest BCUT2D eigenvalue weighted by Crippen LogP contribution is 2.12. The number of hydrogen-bond acceptors (Lipinski definition) is 2. The Hall–Kier alpha value is -2.23. The largest absolute Gasteiger partial charge is 0.485 e. The van der Waals surface area contributed by atoms with Crippen LogP contribution in [0, 0.1) is 11.3 Å². The van der Waals surface area contributed by atoms with Crippen molar-refractivity contribution in [3.05, 3.63) is 29.8 Å². The summed E-state index contributed by atoms with van der Waals surface area (Å²) < 4.78 is 35.1. The zero-order chi connectivity index (χ0) is 12.2. The molecule has 0 aliphatic carbocycles. The number of carbonyl (C=O) groups excluding carboxylic acids is 1. The summed E-state index contributed by atoms with van der Waals surface area (Å²) in [5.41, 5.74) is 0.516. The van der Waals surface area contributed by atoms with Crippen LogP contribution in [0.4, 0.5) is 23.7 Å². The predicted molar refractivity (Wildman–Crippen MR) is 49.4 cm³/mol. The van der Waals surface area contributed by atoms with E-state index in [0.29, 0.717) is 5.56 Å². The Morgan fingerprint density at radius 2 is 1.81 bits per heavy atom. The molecule has 0 spiro atoms. The molecule has 1 aromatic carbocycles. The molecule has 4 nitrogen and oxygen atoms in total. The van der Waals surface area contributed by atoms with E-state index in [1.54, 1.807) is 0 Å². The number of halogens is 3. The zero-order valence-corrected chi connectivity index (χ0v) is 7.80. The summed E-state index contributed by atoms with van der Waals surface area (Å²) in [6.07, 6.45) is -4.77. The molecule has 2 N–H and O–H groups in total. The van der Waals surface area contributed by atoms with E-state index in [2.05, 4.69) is 0 Å². The summed E-state index contributed by atoms with van der Waals surface area (Å²) in [5, 5.41) is 11.2. The molecule has 0 heterocycles. The van der Waals surface area contributed by atoms with Crippen molar-refractivity contribution < 1.29 is 18.0 Å². The van der Waals surface area contributed by atoms with Gasteiger partial charge in [0.05, 0.1) is 11.6 Å². The van der Waals surface area contributed by atoms with Crippen molar-refractivity contribution in [3.63, 3.8) is 0 Å². The fourth-order valence-electron chi connectivity index (χ4n) is 0.919. The van der Waals surface area contributed by atoms with Crippen molar-refractivity contribution in [1.29, 1.82) is 5.26 Å². The van der Waals surface area contributed by atoms with Gasteiger partial charge in [-0.15, -0.1) is 0 Å². The first kappa shape index (κ1) is 11.8. The van der Waals surface area contributed by atoms with Gasteiger partial charge >= 0.3 is 12.3 Å². The number of nitriles is 1. The summed E-state index contributed by atoms with van der Waals surface area (Å²) in [4.78, 5) is 10.8. The number of amides is 2. The van der Waals surface area contributed by atoms with Gasteiger partial charge in [-0.1, -0.05) is 0 Å². The second-order valence-corrected chi connectivity index (χ2v) is 2.77. The average Bonchev–Trinajstić information content (AvgIpc) is 2.16. The summed E-state index contributed by atoms with van der Waals surface area (Å²) in [6.45, 7) is 0. The minimum absolute atomic E-state index is 0.167. The number of anilines is 1. The van der Waals surface area contributed by atoms with Crippen LogP contribution in [0.2, 0.25) is 0 Å². The lowest BCUT2D eigenvalue weighted by Crippen LogP contribution is -2.40. The lowest BCUT2D eigenvalue weighted by atomic mass is 10.2. The Kier molecular flexibility index (Phi) is 3.35. The number of urea groups is 1. The maximum Gasteiger partial charge on any atom is 0.485 e. The van der Waals surface area contributed by atoms with Gasteiger partial charge in [-0.25, -0.2) is 10.1 Å². The second-order valence-electron chi connectivity index (χ2n) is 2.77. The van der Waals surface area contributed by atoms with Gasteiger partial charge in [0.25, 0.3) is 0 Å². The number of alkyl halides is 3. The average molecular weight is 229 g/mol. The van der Waals surface area contributed by atoms with Gasteiger partial charge in [-0.2, -0.15) is 18.4 Å². The number of benzene rings is 1. The molecule has 1 aromatic rings. The van der Waals surface area contributed by atoms with Crippen LogP contribution in [0.1, 0.15) is 5.56 Å². The molecule has 0 radical (unpaired) electrons. The molecular formula is C9H6F3N3O. The van der Waals surface area contributed by atoms with Gasteiger partial charge in [0, 0.05) is 5.69 Å². The maximum atomic E-state index is 11.7. The molecule has 0 bridgehead atoms. The summed E-state index contributed by atoms with van der Waals surface area (Å²) in [6, 6.07) is 5.87. The van der Waals surface area contributed by atoms with E-state index in [-0.39, 0.29) is 5.69 Å². The van der Waals surface area contributed by atoms with Gasteiger partial charge < -0.3 is 5.32 Å². The van der Waals surface area contributed by atoms with Crippen LogP contribution in [0.5, 0.6) is 0 Å². The summed E-state index contributed by atoms with van der Waals surface area (Å²) in [5.74, 6) is 0. The fraction of sp³-hybridized carbons (Fsp3) is 0.111. The van der Waals surface area contributed by atoms with E-state index >= 15 is 0 Å². The van der Waals surface area contributed by atoms with Gasteiger partial charge in [0.2, 0.25) is 0 Å². The van der Waals surface area contributed by atoms with Crippen LogP contribution >= 0.6 is 0 Å². The van der Waals surface area contributed by atoms with E-state index in [1.165, 1.54) is 24.3 Å². The Morgan fingerprint density at radius 3 is 2.25 bits per heavy atom. The molecule has 1 rings (SSSR count). The van der Waals surface area contributed by atoms with Crippen LogP contribution in [-0.2, 0) is 0 Å². The standard InChI is InChI=1S/C9H6F3N3O/c10-9(11,12)15-8(16)14-7-3-1-6(5-13)2-4-7/h1-4H,(H2,14,15,16). The topological polar surface area (TPSA) is 64.9 Å². The van der Waals surface area contributed by atoms with Crippen molar-refractivity contribution in [1.82, 2.24) is 5.32 Å². The van der Waals surface area contributed by atoms with Crippen molar-refractivity contribution in [2.24, 2.45) is 0 Å². The minimum Gasteiger partial charge on any atom is -0.308 e. The van der Waals surface area contributed by atoms with Crippen LogP contribution in [0.25, 0.3) is 0 Å². The summed E-state index contributed by atoms with van der Waals surface area (Å²) >= 11 is 0. The maximum absolute atomic E-state index is 11.7. The van der Waals surface area contributed by atoms with Crippen molar-refractivity contribution in [2.45, 2.75) is 6.30 Å². The van der Waals surface area contributed by atoms with Crippen molar-refractivity contribution >= 4 is 11.7 Å². The number of hydrogen-bond donors (Lipinski definition) is 2. The van der Waals surface area contributed by atoms with E-state index in [4.69, 9.17) is 5.26 Å². The highest BCUT2D eigenvalue weighted by Gasteiger charge is 2.29. The molecule has 0 fully saturated rings. The predicted octanol–water partition coefficient (Wildman–Crippen LogP) is 2.20. The Bertz CT molecular complexity index is 419. The molecule has 0 saturated heterocycles. The van der Waals surface area contributed by atoms with E-state index < -0.39 is 12.3 Å². The Labute approximate surface area is 88.7 Å². The molecule has 7 heteroatoms. The first-order valence-corrected chi connectivity index (χ1v) is 4.07. The molecule has 16 heavy (non-hydrogen) atoms. The van der Waals surface area contributed by atoms with Gasteiger partial charge in [-0.05, 0) is 24.3 Å². The van der Waals surface area contributed by atoms with E-state index in [1.807, 2.05) is 11.4 Å². The lowest BCUT2D eigenvalue weighted by molar-refractivity contribution is -0.144. The molecular weight excluding hydrogens is 223 g/mol. The molecule has 0 unspecified atom stereocenters. The SMILES string of the molecule is N#Cc1ccc(NC(=O)NC(F)(F)F)cc1. The second kappa shape index (κ2) is 4.53. The lowest BCUT2D eigenvalue weighted by Gasteiger charge is -2.09. The smallest absolute Gasteiger partial charge is 0.308 e. The molecule has 0 aliphatic rings. The third kappa shape index (κ3) is 3.88. The molecule has 2 amide bonds. The number of rotatable bonds is 1. The van der Waals surface area contributed by atoms with Crippen LogP contribution in [0.15, 0.2) is 24.3 Å². The Morgan fingerprint density at radius 1 is 1.25 bits per heavy atom. The zero-order valence-electron chi connectivity index (χ0n) is 7.80. The molecule has 0 saturated carbocycles. The molecule has 84 valence electrons.